The zero-order chi connectivity index (χ0) is 33.5. The van der Waals surface area contributed by atoms with Crippen LogP contribution in [0.15, 0.2) is 78.9 Å². The third-order valence-electron chi connectivity index (χ3n) is 8.74. The fourth-order valence-electron chi connectivity index (χ4n) is 6.48. The number of imidazole rings is 1. The minimum absolute atomic E-state index is 0.140. The summed E-state index contributed by atoms with van der Waals surface area (Å²) in [6, 6.07) is 24.6. The van der Waals surface area contributed by atoms with Crippen LogP contribution in [0.5, 0.6) is 0 Å². The highest BCUT2D eigenvalue weighted by molar-refractivity contribution is 6.71. The first-order chi connectivity index (χ1) is 22.3. The Bertz CT molecular complexity index is 2330. The maximum atomic E-state index is 6.81. The summed E-state index contributed by atoms with van der Waals surface area (Å²) in [5.74, 6) is 0.273. The van der Waals surface area contributed by atoms with Gasteiger partial charge in [0.1, 0.15) is 62.8 Å². The largest absolute Gasteiger partial charge is 0.298 e. The van der Waals surface area contributed by atoms with Crippen LogP contribution in [0.25, 0.3) is 60.5 Å². The lowest BCUT2D eigenvalue weighted by atomic mass is 9.42. The summed E-state index contributed by atoms with van der Waals surface area (Å²) in [6.07, 6.45) is 0. The summed E-state index contributed by atoms with van der Waals surface area (Å²) in [4.78, 5) is 4.62. The van der Waals surface area contributed by atoms with Gasteiger partial charge in [0.2, 0.25) is 0 Å². The van der Waals surface area contributed by atoms with Gasteiger partial charge in [-0.25, -0.2) is 4.98 Å². The second kappa shape index (κ2) is 11.3. The lowest BCUT2D eigenvalue weighted by Gasteiger charge is -2.28. The summed E-state index contributed by atoms with van der Waals surface area (Å²) in [5, 5.41) is 0.433. The fraction of sp³-hybridized carbons (Fsp3) is 0.0294. The zero-order valence-corrected chi connectivity index (χ0v) is 25.3. The van der Waals surface area contributed by atoms with E-state index in [0.29, 0.717) is 49.4 Å². The van der Waals surface area contributed by atoms with Crippen LogP contribution < -0.4 is 43.7 Å². The predicted octanol–water partition coefficient (Wildman–Crippen LogP) is -2.37. The average molecular weight is 568 g/mol. The van der Waals surface area contributed by atoms with Crippen molar-refractivity contribution in [3.63, 3.8) is 0 Å². The van der Waals surface area contributed by atoms with Crippen LogP contribution >= 0.6 is 0 Å². The Morgan fingerprint density at radius 3 is 1.30 bits per heavy atom. The molecule has 47 heavy (non-hydrogen) atoms. The maximum absolute atomic E-state index is 6.81. The molecule has 0 aliphatic heterocycles. The third kappa shape index (κ3) is 4.75. The molecule has 2 nitrogen and oxygen atoms in total. The standard InChI is InChI=1S/C34H13B11N2/c35-25-21-19(14-6-2-1-3-7-14)22-24(28(38)32(42)30(40)26(22)36)20(23(21)27(37)31(41)29(25)39)15-10-12-16(13-11-15)47-18-9-5-4-8-17(18)46-33(47)34(43,44)45/h1-13H. The molecule has 0 amide bonds. The van der Waals surface area contributed by atoms with Crippen molar-refractivity contribution in [3.8, 4) is 27.9 Å². The van der Waals surface area contributed by atoms with Crippen molar-refractivity contribution < 1.29 is 0 Å². The Hall–Kier alpha value is -3.98. The molecule has 6 aromatic carbocycles. The van der Waals surface area contributed by atoms with E-state index in [1.807, 2.05) is 83.4 Å². The van der Waals surface area contributed by atoms with Crippen molar-refractivity contribution in [1.29, 1.82) is 0 Å². The van der Waals surface area contributed by atoms with Gasteiger partial charge >= 0.3 is 0 Å². The molecule has 0 aliphatic rings. The first-order valence-corrected chi connectivity index (χ1v) is 14.6. The second-order valence-electron chi connectivity index (χ2n) is 11.7. The van der Waals surface area contributed by atoms with E-state index in [1.54, 1.807) is 0 Å². The van der Waals surface area contributed by atoms with Crippen molar-refractivity contribution in [2.24, 2.45) is 0 Å². The van der Waals surface area contributed by atoms with Crippen LogP contribution in [0.3, 0.4) is 0 Å². The highest BCUT2D eigenvalue weighted by atomic mass is 15.1. The van der Waals surface area contributed by atoms with Gasteiger partial charge < -0.3 is 0 Å². The van der Waals surface area contributed by atoms with E-state index >= 15 is 0 Å². The minimum Gasteiger partial charge on any atom is -0.298 e. The molecule has 0 unspecified atom stereocenters. The smallest absolute Gasteiger partial charge is 0.113 e. The molecule has 0 saturated heterocycles. The van der Waals surface area contributed by atoms with Gasteiger partial charge in [0.15, 0.2) is 0 Å². The predicted molar refractivity (Wildman–Crippen MR) is 209 cm³/mol. The number of rotatable bonds is 4. The molecule has 1 heterocycles. The van der Waals surface area contributed by atoms with Crippen LogP contribution in [0.4, 0.5) is 0 Å². The molecule has 22 radical (unpaired) electrons. The van der Waals surface area contributed by atoms with E-state index in [-0.39, 0.29) is 49.5 Å². The number of hydrogen-bond acceptors (Lipinski definition) is 1. The van der Waals surface area contributed by atoms with Gasteiger partial charge in [0, 0.05) is 5.69 Å². The van der Waals surface area contributed by atoms with E-state index in [4.69, 9.17) is 86.3 Å². The molecule has 0 spiro atoms. The molecule has 192 valence electrons. The number of benzene rings is 6. The lowest BCUT2D eigenvalue weighted by Crippen LogP contribution is -2.50. The second-order valence-corrected chi connectivity index (χ2v) is 11.7. The summed E-state index contributed by atoms with van der Waals surface area (Å²) in [7, 11) is 71.5. The van der Waals surface area contributed by atoms with E-state index in [2.05, 4.69) is 4.98 Å². The van der Waals surface area contributed by atoms with E-state index in [9.17, 15) is 0 Å². The van der Waals surface area contributed by atoms with Gasteiger partial charge in [0.05, 0.1) is 40.4 Å². The highest BCUT2D eigenvalue weighted by Gasteiger charge is 2.26. The Kier molecular flexibility index (Phi) is 7.62. The topological polar surface area (TPSA) is 17.8 Å². The van der Waals surface area contributed by atoms with Crippen LogP contribution in [0, 0.1) is 0 Å². The van der Waals surface area contributed by atoms with Crippen molar-refractivity contribution in [3.05, 3.63) is 84.7 Å². The zero-order valence-electron chi connectivity index (χ0n) is 25.3. The fourth-order valence-corrected chi connectivity index (χ4v) is 6.48. The van der Waals surface area contributed by atoms with E-state index in [1.165, 1.54) is 0 Å². The molecular weight excluding hydrogens is 555 g/mol. The van der Waals surface area contributed by atoms with Crippen molar-refractivity contribution in [2.75, 3.05) is 0 Å². The molecule has 13 heteroatoms. The summed E-state index contributed by atoms with van der Waals surface area (Å²) < 4.78 is 1.81. The molecule has 0 fully saturated rings. The number of nitrogens with zero attached hydrogens (tertiary/aromatic N) is 2. The Labute approximate surface area is 288 Å². The molecule has 0 aliphatic carbocycles. The van der Waals surface area contributed by atoms with E-state index < -0.39 is 5.11 Å². The monoisotopic (exact) mass is 570 g/mol. The van der Waals surface area contributed by atoms with Gasteiger partial charge in [-0.3, -0.25) is 4.57 Å². The molecule has 0 N–H and O–H groups in total. The minimum atomic E-state index is -1.72. The van der Waals surface area contributed by atoms with Crippen molar-refractivity contribution in [2.45, 2.75) is 5.11 Å². The SMILES string of the molecule is [B]c1c([B])c([B])c2c(-c3ccc(-n4c(C([B])([B])[B])nc5ccccc54)cc3)c3c([B])c([B])c([B])c([B])c3c(-c3ccccc3)c2c1[B]. The number of para-hydroxylation sites is 2. The van der Waals surface area contributed by atoms with Gasteiger partial charge in [0.25, 0.3) is 0 Å². The normalized spacial score (nSPS) is 11.9. The molecular formula is C34H13B11N2. The molecule has 0 bridgehead atoms. The van der Waals surface area contributed by atoms with Crippen LogP contribution in [0.2, 0.25) is 0 Å². The number of aromatic nitrogens is 2. The third-order valence-corrected chi connectivity index (χ3v) is 8.74. The molecule has 1 aromatic heterocycles. The average Bonchev–Trinajstić information content (AvgIpc) is 3.48. The van der Waals surface area contributed by atoms with Crippen LogP contribution in [0.1, 0.15) is 5.82 Å². The number of fused-ring (bicyclic) bond motifs is 3. The molecule has 0 saturated carbocycles. The highest BCUT2D eigenvalue weighted by Crippen LogP contribution is 2.41. The van der Waals surface area contributed by atoms with Crippen LogP contribution in [-0.4, -0.2) is 95.9 Å². The van der Waals surface area contributed by atoms with Crippen molar-refractivity contribution in [1.82, 2.24) is 9.55 Å². The molecule has 0 atom stereocenters. The van der Waals surface area contributed by atoms with E-state index in [0.717, 1.165) is 11.1 Å². The molecule has 7 aromatic rings. The summed E-state index contributed by atoms with van der Waals surface area (Å²) in [5.41, 5.74) is 6.35. The Morgan fingerprint density at radius 1 is 0.447 bits per heavy atom. The maximum Gasteiger partial charge on any atom is 0.113 e. The summed E-state index contributed by atoms with van der Waals surface area (Å²) in [6.45, 7) is 0. The van der Waals surface area contributed by atoms with Gasteiger partial charge in [-0.05, 0) is 68.1 Å². The Balaban J connectivity index is 1.64. The first kappa shape index (κ1) is 31.6. The lowest BCUT2D eigenvalue weighted by molar-refractivity contribution is 0.929. The van der Waals surface area contributed by atoms with Crippen molar-refractivity contribution >= 4 is 163 Å². The van der Waals surface area contributed by atoms with Gasteiger partial charge in [-0.2, -0.15) is 0 Å². The quantitative estimate of drug-likeness (QED) is 0.172. The van der Waals surface area contributed by atoms with Gasteiger partial charge in [-0.15, -0.1) is 21.9 Å². The first-order valence-electron chi connectivity index (χ1n) is 14.6. The van der Waals surface area contributed by atoms with Crippen LogP contribution in [-0.2, 0) is 5.11 Å². The Morgan fingerprint density at radius 2 is 0.851 bits per heavy atom. The summed E-state index contributed by atoms with van der Waals surface area (Å²) >= 11 is 0. The number of hydrogen-bond donors (Lipinski definition) is 0. The molecule has 7 rings (SSSR count). The van der Waals surface area contributed by atoms with Gasteiger partial charge in [-0.1, -0.05) is 81.6 Å².